The van der Waals surface area contributed by atoms with Crippen molar-refractivity contribution >= 4 is 11.8 Å². The van der Waals surface area contributed by atoms with Gasteiger partial charge in [0, 0.05) is 5.92 Å². The van der Waals surface area contributed by atoms with E-state index in [1.165, 1.54) is 6.92 Å². The van der Waals surface area contributed by atoms with E-state index in [1.807, 2.05) is 13.8 Å². The molecule has 2 atom stereocenters. The SMILES string of the molecule is C=CCC(C(C)=O)C(CC(C)C)C(=O)O. The Hall–Kier alpha value is -1.12. The Labute approximate surface area is 91.2 Å². The van der Waals surface area contributed by atoms with E-state index in [4.69, 9.17) is 5.11 Å². The van der Waals surface area contributed by atoms with Gasteiger partial charge in [0.25, 0.3) is 0 Å². The molecule has 15 heavy (non-hydrogen) atoms. The Morgan fingerprint density at radius 3 is 2.13 bits per heavy atom. The zero-order chi connectivity index (χ0) is 12.0. The Balaban J connectivity index is 4.74. The van der Waals surface area contributed by atoms with Gasteiger partial charge in [0.15, 0.2) is 0 Å². The first-order valence-corrected chi connectivity index (χ1v) is 5.24. The summed E-state index contributed by atoms with van der Waals surface area (Å²) in [6.45, 7) is 8.93. The minimum absolute atomic E-state index is 0.0667. The maximum absolute atomic E-state index is 11.4. The minimum Gasteiger partial charge on any atom is -0.481 e. The van der Waals surface area contributed by atoms with Gasteiger partial charge in [0.05, 0.1) is 5.92 Å². The molecule has 0 saturated heterocycles. The van der Waals surface area contributed by atoms with Gasteiger partial charge in [0.2, 0.25) is 0 Å². The fourth-order valence-electron chi connectivity index (χ4n) is 1.74. The second-order valence-corrected chi connectivity index (χ2v) is 4.32. The van der Waals surface area contributed by atoms with Crippen LogP contribution in [0, 0.1) is 17.8 Å². The lowest BCUT2D eigenvalue weighted by Gasteiger charge is -2.21. The first-order chi connectivity index (χ1) is 6.90. The van der Waals surface area contributed by atoms with E-state index in [0.717, 1.165) is 0 Å². The molecular weight excluding hydrogens is 192 g/mol. The van der Waals surface area contributed by atoms with E-state index in [2.05, 4.69) is 6.58 Å². The number of Topliss-reactive ketones (excluding diaryl/α,β-unsaturated/α-hetero) is 1. The molecule has 0 radical (unpaired) electrons. The average molecular weight is 212 g/mol. The molecule has 0 aliphatic carbocycles. The van der Waals surface area contributed by atoms with E-state index in [0.29, 0.717) is 12.8 Å². The molecule has 0 amide bonds. The van der Waals surface area contributed by atoms with Gasteiger partial charge in [-0.3, -0.25) is 9.59 Å². The van der Waals surface area contributed by atoms with E-state index < -0.39 is 17.8 Å². The van der Waals surface area contributed by atoms with Crippen molar-refractivity contribution < 1.29 is 14.7 Å². The Morgan fingerprint density at radius 2 is 1.87 bits per heavy atom. The smallest absolute Gasteiger partial charge is 0.307 e. The number of carbonyl (C=O) groups is 2. The Bertz CT molecular complexity index is 243. The minimum atomic E-state index is -0.884. The summed E-state index contributed by atoms with van der Waals surface area (Å²) in [5, 5.41) is 9.08. The van der Waals surface area contributed by atoms with Crippen LogP contribution in [0.3, 0.4) is 0 Å². The fourth-order valence-corrected chi connectivity index (χ4v) is 1.74. The number of ketones is 1. The fraction of sp³-hybridized carbons (Fsp3) is 0.667. The van der Waals surface area contributed by atoms with Gasteiger partial charge in [0.1, 0.15) is 5.78 Å². The number of hydrogen-bond donors (Lipinski definition) is 1. The van der Waals surface area contributed by atoms with Crippen molar-refractivity contribution in [1.29, 1.82) is 0 Å². The Kier molecular flexibility index (Phi) is 5.90. The summed E-state index contributed by atoms with van der Waals surface area (Å²) in [4.78, 5) is 22.4. The lowest BCUT2D eigenvalue weighted by Crippen LogP contribution is -2.29. The molecule has 0 fully saturated rings. The third-order valence-electron chi connectivity index (χ3n) is 2.47. The molecule has 2 unspecified atom stereocenters. The van der Waals surface area contributed by atoms with Crippen LogP contribution in [0.5, 0.6) is 0 Å². The van der Waals surface area contributed by atoms with Crippen molar-refractivity contribution in [3.05, 3.63) is 12.7 Å². The van der Waals surface area contributed by atoms with Crippen LogP contribution < -0.4 is 0 Å². The molecule has 0 heterocycles. The highest BCUT2D eigenvalue weighted by Crippen LogP contribution is 2.25. The summed E-state index contributed by atoms with van der Waals surface area (Å²) in [6, 6.07) is 0. The largest absolute Gasteiger partial charge is 0.481 e. The summed E-state index contributed by atoms with van der Waals surface area (Å²) in [6.07, 6.45) is 2.59. The highest BCUT2D eigenvalue weighted by molar-refractivity contribution is 5.84. The standard InChI is InChI=1S/C12H20O3/c1-5-6-10(9(4)13)11(12(14)15)7-8(2)3/h5,8,10-11H,1,6-7H2,2-4H3,(H,14,15). The van der Waals surface area contributed by atoms with Crippen LogP contribution in [-0.2, 0) is 9.59 Å². The molecule has 0 aromatic carbocycles. The molecule has 1 N–H and O–H groups in total. The third-order valence-corrected chi connectivity index (χ3v) is 2.47. The van der Waals surface area contributed by atoms with Gasteiger partial charge < -0.3 is 5.11 Å². The van der Waals surface area contributed by atoms with Crippen LogP contribution >= 0.6 is 0 Å². The molecule has 3 heteroatoms. The molecule has 0 aromatic rings. The van der Waals surface area contributed by atoms with Crippen molar-refractivity contribution in [1.82, 2.24) is 0 Å². The number of allylic oxidation sites excluding steroid dienone is 1. The monoisotopic (exact) mass is 212 g/mol. The third kappa shape index (κ3) is 4.77. The van der Waals surface area contributed by atoms with Gasteiger partial charge in [-0.15, -0.1) is 6.58 Å². The average Bonchev–Trinajstić information content (AvgIpc) is 2.09. The zero-order valence-electron chi connectivity index (χ0n) is 9.69. The highest BCUT2D eigenvalue weighted by atomic mass is 16.4. The molecular formula is C12H20O3. The number of carbonyl (C=O) groups excluding carboxylic acids is 1. The molecule has 3 nitrogen and oxygen atoms in total. The molecule has 0 spiro atoms. The molecule has 86 valence electrons. The lowest BCUT2D eigenvalue weighted by molar-refractivity contribution is -0.147. The predicted molar refractivity (Wildman–Crippen MR) is 59.6 cm³/mol. The van der Waals surface area contributed by atoms with Crippen LogP contribution in [0.4, 0.5) is 0 Å². The van der Waals surface area contributed by atoms with Crippen molar-refractivity contribution in [3.63, 3.8) is 0 Å². The predicted octanol–water partition coefficient (Wildman–Crippen LogP) is 2.51. The second-order valence-electron chi connectivity index (χ2n) is 4.32. The highest BCUT2D eigenvalue weighted by Gasteiger charge is 2.30. The number of aliphatic carboxylic acids is 1. The van der Waals surface area contributed by atoms with Crippen LogP contribution in [0.25, 0.3) is 0 Å². The van der Waals surface area contributed by atoms with Gasteiger partial charge >= 0.3 is 5.97 Å². The van der Waals surface area contributed by atoms with E-state index in [9.17, 15) is 9.59 Å². The number of rotatable bonds is 7. The van der Waals surface area contributed by atoms with Crippen LogP contribution in [0.1, 0.15) is 33.6 Å². The molecule has 0 rings (SSSR count). The van der Waals surface area contributed by atoms with Crippen molar-refractivity contribution in [2.75, 3.05) is 0 Å². The number of hydrogen-bond acceptors (Lipinski definition) is 2. The van der Waals surface area contributed by atoms with Gasteiger partial charge in [-0.2, -0.15) is 0 Å². The summed E-state index contributed by atoms with van der Waals surface area (Å²) in [5.74, 6) is -1.69. The molecule has 0 aliphatic heterocycles. The van der Waals surface area contributed by atoms with E-state index >= 15 is 0 Å². The van der Waals surface area contributed by atoms with Crippen LogP contribution in [0.2, 0.25) is 0 Å². The van der Waals surface area contributed by atoms with Crippen molar-refractivity contribution in [2.24, 2.45) is 17.8 Å². The topological polar surface area (TPSA) is 54.4 Å². The van der Waals surface area contributed by atoms with Crippen molar-refractivity contribution in [3.8, 4) is 0 Å². The van der Waals surface area contributed by atoms with Crippen LogP contribution in [0.15, 0.2) is 12.7 Å². The van der Waals surface area contributed by atoms with E-state index in [1.54, 1.807) is 6.08 Å². The summed E-state index contributed by atoms with van der Waals surface area (Å²) >= 11 is 0. The van der Waals surface area contributed by atoms with E-state index in [-0.39, 0.29) is 11.7 Å². The quantitative estimate of drug-likeness (QED) is 0.660. The molecule has 0 aromatic heterocycles. The zero-order valence-corrected chi connectivity index (χ0v) is 9.69. The number of carboxylic acid groups (broad SMARTS) is 1. The van der Waals surface area contributed by atoms with Gasteiger partial charge in [-0.25, -0.2) is 0 Å². The first-order valence-electron chi connectivity index (χ1n) is 5.24. The lowest BCUT2D eigenvalue weighted by atomic mass is 9.81. The maximum Gasteiger partial charge on any atom is 0.307 e. The summed E-state index contributed by atoms with van der Waals surface area (Å²) < 4.78 is 0. The molecule has 0 saturated carbocycles. The van der Waals surface area contributed by atoms with Crippen LogP contribution in [-0.4, -0.2) is 16.9 Å². The first kappa shape index (κ1) is 13.9. The normalized spacial score (nSPS) is 14.7. The van der Waals surface area contributed by atoms with Gasteiger partial charge in [-0.05, 0) is 25.7 Å². The Morgan fingerprint density at radius 1 is 1.33 bits per heavy atom. The summed E-state index contributed by atoms with van der Waals surface area (Å²) in [7, 11) is 0. The number of carboxylic acids is 1. The van der Waals surface area contributed by atoms with Crippen molar-refractivity contribution in [2.45, 2.75) is 33.6 Å². The summed E-state index contributed by atoms with van der Waals surface area (Å²) in [5.41, 5.74) is 0. The molecule has 0 bridgehead atoms. The maximum atomic E-state index is 11.4. The molecule has 0 aliphatic rings. The van der Waals surface area contributed by atoms with Gasteiger partial charge in [-0.1, -0.05) is 19.9 Å². The second kappa shape index (κ2) is 6.38.